The number of aromatic nitrogens is 3. The summed E-state index contributed by atoms with van der Waals surface area (Å²) in [6, 6.07) is 15.8. The molecular weight excluding hydrogens is 422 g/mol. The zero-order valence-electron chi connectivity index (χ0n) is 17.8. The minimum absolute atomic E-state index is 0.259. The van der Waals surface area contributed by atoms with Gasteiger partial charge in [-0.2, -0.15) is 15.4 Å². The Bertz CT molecular complexity index is 1360. The molecule has 0 unspecified atom stereocenters. The third kappa shape index (κ3) is 4.20. The average Bonchev–Trinajstić information content (AvgIpc) is 3.33. The van der Waals surface area contributed by atoms with Crippen molar-refractivity contribution < 1.29 is 19.1 Å². The zero-order valence-corrected chi connectivity index (χ0v) is 17.8. The molecule has 33 heavy (non-hydrogen) atoms. The molecule has 9 heteroatoms. The fourth-order valence-electron chi connectivity index (χ4n) is 3.62. The molecule has 4 aromatic rings. The minimum atomic E-state index is -0.301. The summed E-state index contributed by atoms with van der Waals surface area (Å²) in [7, 11) is 0. The lowest BCUT2D eigenvalue weighted by molar-refractivity contribution is 0.0949. The molecule has 0 saturated carbocycles. The number of nitrogens with zero attached hydrogens (tertiary/aromatic N) is 2. The fourth-order valence-corrected chi connectivity index (χ4v) is 3.62. The van der Waals surface area contributed by atoms with Crippen LogP contribution in [0.2, 0.25) is 0 Å². The molecule has 2 heterocycles. The van der Waals surface area contributed by atoms with Crippen LogP contribution in [0.15, 0.2) is 54.6 Å². The smallest absolute Gasteiger partial charge is 0.255 e. The van der Waals surface area contributed by atoms with E-state index in [0.29, 0.717) is 53.6 Å². The number of anilines is 1. The summed E-state index contributed by atoms with van der Waals surface area (Å²) in [4.78, 5) is 25.6. The van der Waals surface area contributed by atoms with Gasteiger partial charge in [0.05, 0.1) is 0 Å². The molecule has 0 fully saturated rings. The summed E-state index contributed by atoms with van der Waals surface area (Å²) in [5, 5.41) is 16.6. The molecule has 0 atom stereocenters. The Hall–Kier alpha value is -4.40. The highest BCUT2D eigenvalue weighted by atomic mass is 16.6. The number of fused-ring (bicyclic) bond motifs is 2. The van der Waals surface area contributed by atoms with Crippen molar-refractivity contribution in [2.75, 3.05) is 18.5 Å². The van der Waals surface area contributed by atoms with Crippen molar-refractivity contribution in [1.82, 2.24) is 20.7 Å². The van der Waals surface area contributed by atoms with E-state index in [1.807, 2.05) is 25.1 Å². The van der Waals surface area contributed by atoms with Crippen LogP contribution in [0.25, 0.3) is 11.0 Å². The number of amides is 2. The van der Waals surface area contributed by atoms with Crippen molar-refractivity contribution in [3.05, 3.63) is 76.9 Å². The highest BCUT2D eigenvalue weighted by Gasteiger charge is 2.16. The molecule has 3 aromatic carbocycles. The molecule has 5 rings (SSSR count). The number of H-pyrrole nitrogens is 1. The van der Waals surface area contributed by atoms with Gasteiger partial charge in [-0.25, -0.2) is 0 Å². The Balaban J connectivity index is 1.30. The molecule has 0 saturated heterocycles. The molecule has 3 N–H and O–H groups in total. The molecule has 0 aliphatic carbocycles. The highest BCUT2D eigenvalue weighted by molar-refractivity contribution is 6.06. The third-order valence-electron chi connectivity index (χ3n) is 5.42. The summed E-state index contributed by atoms with van der Waals surface area (Å²) >= 11 is 0. The van der Waals surface area contributed by atoms with Crippen LogP contribution in [0.5, 0.6) is 11.5 Å². The van der Waals surface area contributed by atoms with Gasteiger partial charge in [0, 0.05) is 28.9 Å². The van der Waals surface area contributed by atoms with Crippen molar-refractivity contribution in [2.24, 2.45) is 0 Å². The van der Waals surface area contributed by atoms with Crippen molar-refractivity contribution in [2.45, 2.75) is 13.5 Å². The molecule has 9 nitrogen and oxygen atoms in total. The third-order valence-corrected chi connectivity index (χ3v) is 5.42. The molecule has 1 aliphatic heterocycles. The van der Waals surface area contributed by atoms with Gasteiger partial charge in [0.1, 0.15) is 24.2 Å². The number of carbonyl (C=O) groups is 2. The predicted octanol–water partition coefficient (Wildman–Crippen LogP) is 3.22. The first-order valence-corrected chi connectivity index (χ1v) is 10.5. The van der Waals surface area contributed by atoms with E-state index in [1.165, 1.54) is 0 Å². The summed E-state index contributed by atoms with van der Waals surface area (Å²) in [6.07, 6.45) is 0. The fraction of sp³-hybridized carbons (Fsp3) is 0.167. The van der Waals surface area contributed by atoms with Gasteiger partial charge in [0.25, 0.3) is 11.8 Å². The van der Waals surface area contributed by atoms with Gasteiger partial charge in [-0.15, -0.1) is 0 Å². The monoisotopic (exact) mass is 443 g/mol. The Morgan fingerprint density at radius 1 is 0.939 bits per heavy atom. The first-order valence-electron chi connectivity index (χ1n) is 10.5. The van der Waals surface area contributed by atoms with Crippen LogP contribution in [-0.4, -0.2) is 40.4 Å². The highest BCUT2D eigenvalue weighted by Crippen LogP contribution is 2.31. The second-order valence-electron chi connectivity index (χ2n) is 7.63. The number of hydrogen-bond donors (Lipinski definition) is 3. The molecule has 166 valence electrons. The van der Waals surface area contributed by atoms with E-state index in [-0.39, 0.29) is 11.8 Å². The largest absolute Gasteiger partial charge is 0.486 e. The van der Waals surface area contributed by atoms with Crippen LogP contribution in [-0.2, 0) is 6.54 Å². The number of aryl methyl sites for hydroxylation is 1. The minimum Gasteiger partial charge on any atom is -0.486 e. The van der Waals surface area contributed by atoms with Crippen LogP contribution in [0.3, 0.4) is 0 Å². The second kappa shape index (κ2) is 8.62. The van der Waals surface area contributed by atoms with Crippen LogP contribution < -0.4 is 20.1 Å². The Morgan fingerprint density at radius 3 is 2.61 bits per heavy atom. The summed E-state index contributed by atoms with van der Waals surface area (Å²) in [6.45, 7) is 3.10. The van der Waals surface area contributed by atoms with Crippen molar-refractivity contribution in [3.63, 3.8) is 0 Å². The Morgan fingerprint density at radius 2 is 1.73 bits per heavy atom. The number of carbonyl (C=O) groups excluding carboxylic acids is 2. The number of para-hydroxylation sites is 1. The topological polar surface area (TPSA) is 118 Å². The first kappa shape index (κ1) is 20.5. The van der Waals surface area contributed by atoms with Crippen LogP contribution >= 0.6 is 0 Å². The zero-order chi connectivity index (χ0) is 22.8. The number of benzene rings is 3. The number of rotatable bonds is 5. The van der Waals surface area contributed by atoms with E-state index in [4.69, 9.17) is 9.47 Å². The number of ether oxygens (including phenoxy) is 2. The molecule has 1 aliphatic rings. The van der Waals surface area contributed by atoms with Gasteiger partial charge in [-0.3, -0.25) is 9.59 Å². The first-order chi connectivity index (χ1) is 16.1. The average molecular weight is 443 g/mol. The Labute approximate surface area is 189 Å². The second-order valence-corrected chi connectivity index (χ2v) is 7.63. The number of nitrogens with one attached hydrogen (secondary N) is 3. The van der Waals surface area contributed by atoms with E-state index in [9.17, 15) is 9.59 Å². The number of aromatic amines is 1. The lowest BCUT2D eigenvalue weighted by atomic mass is 10.1. The molecule has 0 bridgehead atoms. The maximum absolute atomic E-state index is 12.8. The van der Waals surface area contributed by atoms with Crippen molar-refractivity contribution >= 4 is 28.5 Å². The van der Waals surface area contributed by atoms with Crippen LogP contribution in [0, 0.1) is 6.92 Å². The molecule has 0 radical (unpaired) electrons. The SMILES string of the molecule is Cc1ccc(C(=O)NCc2cccc3n[nH]nc23)cc1NC(=O)c1ccc2c(c1)OCCO2. The van der Waals surface area contributed by atoms with Gasteiger partial charge >= 0.3 is 0 Å². The summed E-state index contributed by atoms with van der Waals surface area (Å²) < 4.78 is 11.1. The van der Waals surface area contributed by atoms with E-state index < -0.39 is 0 Å². The van der Waals surface area contributed by atoms with Crippen LogP contribution in [0.4, 0.5) is 5.69 Å². The van der Waals surface area contributed by atoms with E-state index in [2.05, 4.69) is 26.0 Å². The maximum Gasteiger partial charge on any atom is 0.255 e. The number of hydrogen-bond acceptors (Lipinski definition) is 6. The molecule has 0 spiro atoms. The predicted molar refractivity (Wildman–Crippen MR) is 122 cm³/mol. The quantitative estimate of drug-likeness (QED) is 0.436. The van der Waals surface area contributed by atoms with Crippen LogP contribution in [0.1, 0.15) is 31.8 Å². The van der Waals surface area contributed by atoms with E-state index in [1.54, 1.807) is 36.4 Å². The van der Waals surface area contributed by atoms with Crippen molar-refractivity contribution in [3.8, 4) is 11.5 Å². The standard InChI is InChI=1S/C24H21N5O4/c1-14-5-6-15(23(30)25-13-17-3-2-4-18-22(17)28-29-27-18)11-19(14)26-24(31)16-7-8-20-21(12-16)33-10-9-32-20/h2-8,11-12H,9-10,13H2,1H3,(H,25,30)(H,26,31)(H,27,28,29). The van der Waals surface area contributed by atoms with Gasteiger partial charge < -0.3 is 20.1 Å². The lowest BCUT2D eigenvalue weighted by Crippen LogP contribution is -2.23. The van der Waals surface area contributed by atoms with Gasteiger partial charge in [-0.1, -0.05) is 18.2 Å². The Kier molecular flexibility index (Phi) is 5.35. The van der Waals surface area contributed by atoms with Gasteiger partial charge in [-0.05, 0) is 48.9 Å². The normalized spacial score (nSPS) is 12.4. The van der Waals surface area contributed by atoms with Gasteiger partial charge in [0.2, 0.25) is 0 Å². The molecule has 1 aromatic heterocycles. The van der Waals surface area contributed by atoms with Crippen molar-refractivity contribution in [1.29, 1.82) is 0 Å². The molecular formula is C24H21N5O4. The summed E-state index contributed by atoms with van der Waals surface area (Å²) in [5.41, 5.74) is 4.58. The molecule has 2 amide bonds. The van der Waals surface area contributed by atoms with E-state index in [0.717, 1.165) is 16.6 Å². The summed E-state index contributed by atoms with van der Waals surface area (Å²) in [5.74, 6) is 0.602. The lowest BCUT2D eigenvalue weighted by Gasteiger charge is -2.19. The van der Waals surface area contributed by atoms with Gasteiger partial charge in [0.15, 0.2) is 11.5 Å². The van der Waals surface area contributed by atoms with E-state index >= 15 is 0 Å². The maximum atomic E-state index is 12.8.